The number of carbonyl (C=O) groups excluding carboxylic acids is 1. The molecule has 134 valence electrons. The average molecular weight is 342 g/mol. The Morgan fingerprint density at radius 3 is 2.24 bits per heavy atom. The molecule has 0 aliphatic carbocycles. The highest BCUT2D eigenvalue weighted by atomic mass is 16.5. The third-order valence-corrected chi connectivity index (χ3v) is 3.94. The number of hydrogen-bond acceptors (Lipinski definition) is 4. The van der Waals surface area contributed by atoms with Gasteiger partial charge in [0.1, 0.15) is 17.2 Å². The minimum Gasteiger partial charge on any atom is -0.508 e. The molecule has 2 rings (SSSR count). The Labute approximate surface area is 149 Å². The van der Waals surface area contributed by atoms with E-state index in [0.29, 0.717) is 11.3 Å². The Balaban J connectivity index is 1.82. The summed E-state index contributed by atoms with van der Waals surface area (Å²) in [5.41, 5.74) is 0.388. The second-order valence-electron chi connectivity index (χ2n) is 6.19. The molecule has 0 radical (unpaired) electrons. The largest absolute Gasteiger partial charge is 0.508 e. The van der Waals surface area contributed by atoms with Crippen LogP contribution in [0.3, 0.4) is 0 Å². The molecule has 0 fully saturated rings. The van der Waals surface area contributed by atoms with Crippen molar-refractivity contribution < 1.29 is 19.4 Å². The van der Waals surface area contributed by atoms with Crippen LogP contribution in [0, 0.1) is 0 Å². The molecule has 1 atom stereocenters. The van der Waals surface area contributed by atoms with Gasteiger partial charge in [-0.3, -0.25) is 0 Å². The van der Waals surface area contributed by atoms with Crippen molar-refractivity contribution in [3.05, 3.63) is 54.1 Å². The van der Waals surface area contributed by atoms with Crippen molar-refractivity contribution in [2.45, 2.75) is 52.1 Å². The van der Waals surface area contributed by atoms with Crippen LogP contribution in [0.5, 0.6) is 17.2 Å². The molecular formula is C21H26O4. The van der Waals surface area contributed by atoms with Crippen molar-refractivity contribution >= 4 is 5.97 Å². The number of carbonyl (C=O) groups is 1. The summed E-state index contributed by atoms with van der Waals surface area (Å²) in [6.07, 6.45) is 6.14. The molecule has 0 aliphatic heterocycles. The van der Waals surface area contributed by atoms with Gasteiger partial charge in [0.05, 0.1) is 11.7 Å². The Bertz CT molecular complexity index is 647. The Hall–Kier alpha value is -2.49. The van der Waals surface area contributed by atoms with Gasteiger partial charge in [0.15, 0.2) is 0 Å². The monoisotopic (exact) mass is 342 g/mol. The topological polar surface area (TPSA) is 55.8 Å². The van der Waals surface area contributed by atoms with E-state index >= 15 is 0 Å². The van der Waals surface area contributed by atoms with E-state index in [4.69, 9.17) is 9.47 Å². The minimum absolute atomic E-state index is 0.113. The molecule has 2 aromatic rings. The van der Waals surface area contributed by atoms with Crippen LogP contribution in [0.2, 0.25) is 0 Å². The zero-order valence-electron chi connectivity index (χ0n) is 14.9. The number of aromatic hydroxyl groups is 1. The normalized spacial score (nSPS) is 11.8. The standard InChI is InChI=1S/C21H26O4/c1-3-4-5-6-7-16(2)24-19-12-14-20(15-13-19)25-21(23)17-8-10-18(22)11-9-17/h8-16,22H,3-7H2,1-2H3/t16-/m0/s1. The fourth-order valence-corrected chi connectivity index (χ4v) is 2.50. The van der Waals surface area contributed by atoms with Gasteiger partial charge in [0.2, 0.25) is 0 Å². The minimum atomic E-state index is -0.460. The third-order valence-electron chi connectivity index (χ3n) is 3.94. The summed E-state index contributed by atoms with van der Waals surface area (Å²) in [6.45, 7) is 4.28. The maximum absolute atomic E-state index is 12.0. The Morgan fingerprint density at radius 1 is 0.960 bits per heavy atom. The van der Waals surface area contributed by atoms with Crippen molar-refractivity contribution in [1.82, 2.24) is 0 Å². The number of unbranched alkanes of at least 4 members (excludes halogenated alkanes) is 3. The quantitative estimate of drug-likeness (QED) is 0.379. The molecule has 0 aromatic heterocycles. The highest BCUT2D eigenvalue weighted by molar-refractivity contribution is 5.91. The molecule has 25 heavy (non-hydrogen) atoms. The van der Waals surface area contributed by atoms with Gasteiger partial charge in [-0.1, -0.05) is 26.2 Å². The molecule has 4 nitrogen and oxygen atoms in total. The smallest absolute Gasteiger partial charge is 0.343 e. The molecule has 2 aromatic carbocycles. The van der Waals surface area contributed by atoms with Crippen LogP contribution in [0.15, 0.2) is 48.5 Å². The highest BCUT2D eigenvalue weighted by Crippen LogP contribution is 2.21. The zero-order chi connectivity index (χ0) is 18.1. The van der Waals surface area contributed by atoms with Crippen LogP contribution >= 0.6 is 0 Å². The number of phenolic OH excluding ortho intramolecular Hbond substituents is 1. The highest BCUT2D eigenvalue weighted by Gasteiger charge is 2.09. The maximum atomic E-state index is 12.0. The van der Waals surface area contributed by atoms with E-state index in [1.54, 1.807) is 12.1 Å². The summed E-state index contributed by atoms with van der Waals surface area (Å²) in [7, 11) is 0. The van der Waals surface area contributed by atoms with Crippen LogP contribution < -0.4 is 9.47 Å². The van der Waals surface area contributed by atoms with Crippen LogP contribution in [-0.4, -0.2) is 17.2 Å². The van der Waals surface area contributed by atoms with Gasteiger partial charge in [-0.25, -0.2) is 4.79 Å². The number of hydrogen-bond donors (Lipinski definition) is 1. The molecule has 0 amide bonds. The fraction of sp³-hybridized carbons (Fsp3) is 0.381. The van der Waals surface area contributed by atoms with E-state index in [-0.39, 0.29) is 11.9 Å². The number of benzene rings is 2. The maximum Gasteiger partial charge on any atom is 0.343 e. The molecule has 4 heteroatoms. The Kier molecular flexibility index (Phi) is 7.33. The van der Waals surface area contributed by atoms with Crippen molar-refractivity contribution in [3.63, 3.8) is 0 Å². The summed E-state index contributed by atoms with van der Waals surface area (Å²) < 4.78 is 11.2. The second-order valence-corrected chi connectivity index (χ2v) is 6.19. The van der Waals surface area contributed by atoms with Crippen molar-refractivity contribution in [2.75, 3.05) is 0 Å². The predicted octanol–water partition coefficient (Wildman–Crippen LogP) is 5.35. The number of rotatable bonds is 9. The molecule has 0 unspecified atom stereocenters. The first-order chi connectivity index (χ1) is 12.1. The zero-order valence-corrected chi connectivity index (χ0v) is 14.9. The first-order valence-electron chi connectivity index (χ1n) is 8.86. The molecule has 0 spiro atoms. The summed E-state index contributed by atoms with van der Waals surface area (Å²) in [5, 5.41) is 9.25. The molecular weight excluding hydrogens is 316 g/mol. The lowest BCUT2D eigenvalue weighted by atomic mass is 10.1. The molecule has 1 N–H and O–H groups in total. The van der Waals surface area contributed by atoms with Crippen LogP contribution in [0.4, 0.5) is 0 Å². The summed E-state index contributed by atoms with van der Waals surface area (Å²) in [5.74, 6) is 0.883. The van der Waals surface area contributed by atoms with E-state index in [1.165, 1.54) is 49.9 Å². The average Bonchev–Trinajstić information content (AvgIpc) is 2.61. The molecule has 0 saturated heterocycles. The van der Waals surface area contributed by atoms with Gasteiger partial charge >= 0.3 is 5.97 Å². The molecule has 0 saturated carbocycles. The lowest BCUT2D eigenvalue weighted by Crippen LogP contribution is -2.11. The first kappa shape index (κ1) is 18.8. The van der Waals surface area contributed by atoms with Gasteiger partial charge in [0.25, 0.3) is 0 Å². The fourth-order valence-electron chi connectivity index (χ4n) is 2.50. The van der Waals surface area contributed by atoms with Crippen LogP contribution in [-0.2, 0) is 0 Å². The lowest BCUT2D eigenvalue weighted by Gasteiger charge is -2.15. The van der Waals surface area contributed by atoms with E-state index < -0.39 is 5.97 Å². The SMILES string of the molecule is CCCCCC[C@H](C)Oc1ccc(OC(=O)c2ccc(O)cc2)cc1. The van der Waals surface area contributed by atoms with Gasteiger partial charge < -0.3 is 14.6 Å². The van der Waals surface area contributed by atoms with Crippen molar-refractivity contribution in [1.29, 1.82) is 0 Å². The van der Waals surface area contributed by atoms with E-state index in [0.717, 1.165) is 12.2 Å². The summed E-state index contributed by atoms with van der Waals surface area (Å²) >= 11 is 0. The number of ether oxygens (including phenoxy) is 2. The molecule has 0 bridgehead atoms. The van der Waals surface area contributed by atoms with Gasteiger partial charge in [-0.2, -0.15) is 0 Å². The second kappa shape index (κ2) is 9.72. The van der Waals surface area contributed by atoms with Crippen LogP contribution in [0.25, 0.3) is 0 Å². The summed E-state index contributed by atoms with van der Waals surface area (Å²) in [4.78, 5) is 12.0. The van der Waals surface area contributed by atoms with Crippen molar-refractivity contribution in [2.24, 2.45) is 0 Å². The third kappa shape index (κ3) is 6.49. The van der Waals surface area contributed by atoms with Gasteiger partial charge in [-0.05, 0) is 68.3 Å². The van der Waals surface area contributed by atoms with Gasteiger partial charge in [-0.15, -0.1) is 0 Å². The molecule has 0 aliphatic rings. The molecule has 0 heterocycles. The van der Waals surface area contributed by atoms with E-state index in [9.17, 15) is 9.90 Å². The summed E-state index contributed by atoms with van der Waals surface area (Å²) in [6, 6.07) is 13.0. The van der Waals surface area contributed by atoms with E-state index in [2.05, 4.69) is 13.8 Å². The van der Waals surface area contributed by atoms with Crippen LogP contribution in [0.1, 0.15) is 56.3 Å². The number of esters is 1. The lowest BCUT2D eigenvalue weighted by molar-refractivity contribution is 0.0734. The van der Waals surface area contributed by atoms with Gasteiger partial charge in [0, 0.05) is 0 Å². The number of phenols is 1. The Morgan fingerprint density at radius 2 is 1.60 bits per heavy atom. The van der Waals surface area contributed by atoms with E-state index in [1.807, 2.05) is 12.1 Å². The first-order valence-corrected chi connectivity index (χ1v) is 8.86. The van der Waals surface area contributed by atoms with Crippen molar-refractivity contribution in [3.8, 4) is 17.2 Å². The predicted molar refractivity (Wildman–Crippen MR) is 98.4 cm³/mol.